The average Bonchev–Trinajstić information content (AvgIpc) is 2.14. The van der Waals surface area contributed by atoms with Gasteiger partial charge in [0.05, 0.1) is 6.54 Å². The van der Waals surface area contributed by atoms with E-state index >= 15 is 0 Å². The summed E-state index contributed by atoms with van der Waals surface area (Å²) in [4.78, 5) is 0. The van der Waals surface area contributed by atoms with Crippen LogP contribution >= 0.6 is 12.4 Å². The Bertz CT molecular complexity index is 187. The van der Waals surface area contributed by atoms with E-state index in [2.05, 4.69) is 38.9 Å². The molecule has 0 aliphatic heterocycles. The molecule has 0 saturated carbocycles. The lowest BCUT2D eigenvalue weighted by molar-refractivity contribution is 0.237. The number of hydrogen-bond donors (Lipinski definition) is 1. The van der Waals surface area contributed by atoms with Gasteiger partial charge in [0.2, 0.25) is 0 Å². The van der Waals surface area contributed by atoms with Crippen LogP contribution in [0.5, 0.6) is 0 Å². The minimum absolute atomic E-state index is 0. The molecule has 0 spiro atoms. The van der Waals surface area contributed by atoms with Crippen LogP contribution in [0, 0.1) is 18.3 Å². The molecule has 0 aromatic rings. The van der Waals surface area contributed by atoms with E-state index in [9.17, 15) is 0 Å². The zero-order valence-electron chi connectivity index (χ0n) is 11.3. The number of terminal acetylenes is 1. The van der Waals surface area contributed by atoms with E-state index in [4.69, 9.17) is 6.42 Å². The summed E-state index contributed by atoms with van der Waals surface area (Å²) in [6, 6.07) is 0. The third kappa shape index (κ3) is 7.14. The highest BCUT2D eigenvalue weighted by atomic mass is 35.5. The molecule has 0 saturated heterocycles. The number of nitrogens with one attached hydrogen (secondary N) is 1. The van der Waals surface area contributed by atoms with E-state index in [0.717, 1.165) is 5.92 Å². The Hall–Kier alpha value is -0.190. The Morgan fingerprint density at radius 3 is 2.00 bits per heavy atom. The molecule has 0 aliphatic rings. The van der Waals surface area contributed by atoms with Gasteiger partial charge in [-0.3, -0.25) is 0 Å². The topological polar surface area (TPSA) is 12.0 Å². The highest BCUT2D eigenvalue weighted by Crippen LogP contribution is 2.27. The van der Waals surface area contributed by atoms with Crippen molar-refractivity contribution in [1.82, 2.24) is 5.32 Å². The first-order valence-corrected chi connectivity index (χ1v) is 6.28. The van der Waals surface area contributed by atoms with E-state index in [1.54, 1.807) is 0 Å². The van der Waals surface area contributed by atoms with Crippen molar-refractivity contribution in [2.45, 2.75) is 65.3 Å². The van der Waals surface area contributed by atoms with Crippen molar-refractivity contribution in [1.29, 1.82) is 0 Å². The fraction of sp³-hybridized carbons (Fsp3) is 0.857. The van der Waals surface area contributed by atoms with Crippen molar-refractivity contribution >= 4 is 12.4 Å². The molecule has 0 heterocycles. The molecule has 0 amide bonds. The zero-order valence-corrected chi connectivity index (χ0v) is 12.1. The van der Waals surface area contributed by atoms with Gasteiger partial charge >= 0.3 is 0 Å². The minimum Gasteiger partial charge on any atom is -0.301 e. The molecule has 0 bridgehead atoms. The molecule has 0 radical (unpaired) electrons. The summed E-state index contributed by atoms with van der Waals surface area (Å²) in [5, 5.41) is 3.58. The molecule has 0 fully saturated rings. The number of halogens is 1. The molecule has 0 aromatic carbocycles. The third-order valence-corrected chi connectivity index (χ3v) is 2.82. The van der Waals surface area contributed by atoms with Gasteiger partial charge in [0.15, 0.2) is 0 Å². The van der Waals surface area contributed by atoms with Gasteiger partial charge in [-0.2, -0.15) is 0 Å². The van der Waals surface area contributed by atoms with Crippen molar-refractivity contribution in [2.24, 2.45) is 5.92 Å². The lowest BCUT2D eigenvalue weighted by Crippen LogP contribution is -2.46. The maximum absolute atomic E-state index is 5.35. The molecule has 2 heteroatoms. The lowest BCUT2D eigenvalue weighted by Gasteiger charge is -2.36. The summed E-state index contributed by atoms with van der Waals surface area (Å²) in [5.74, 6) is 3.43. The van der Waals surface area contributed by atoms with Gasteiger partial charge in [0, 0.05) is 5.54 Å². The van der Waals surface area contributed by atoms with Gasteiger partial charge in [0.1, 0.15) is 0 Å². The van der Waals surface area contributed by atoms with Gasteiger partial charge in [-0.05, 0) is 25.2 Å². The van der Waals surface area contributed by atoms with Crippen LogP contribution in [-0.2, 0) is 0 Å². The first-order chi connectivity index (χ1) is 7.10. The summed E-state index contributed by atoms with van der Waals surface area (Å²) >= 11 is 0. The molecule has 0 unspecified atom stereocenters. The molecule has 1 nitrogen and oxygen atoms in total. The van der Waals surface area contributed by atoms with Gasteiger partial charge in [-0.25, -0.2) is 0 Å². The van der Waals surface area contributed by atoms with Crippen LogP contribution in [0.3, 0.4) is 0 Å². The molecule has 0 atom stereocenters. The molecular weight excluding hydrogens is 218 g/mol. The van der Waals surface area contributed by atoms with Crippen LogP contribution in [0.2, 0.25) is 0 Å². The second-order valence-electron chi connectivity index (χ2n) is 4.94. The largest absolute Gasteiger partial charge is 0.301 e. The fourth-order valence-corrected chi connectivity index (χ4v) is 2.56. The maximum atomic E-state index is 5.35. The van der Waals surface area contributed by atoms with Crippen LogP contribution in [-0.4, -0.2) is 12.1 Å². The first kappa shape index (κ1) is 18.2. The van der Waals surface area contributed by atoms with E-state index in [1.165, 1.54) is 32.1 Å². The van der Waals surface area contributed by atoms with Crippen LogP contribution < -0.4 is 5.32 Å². The standard InChI is InChI=1S/C14H27N.ClH/c1-6-9-14(10-7-2,12-13(4)5)15-11-8-3;/h3,13,15H,6-7,9-12H2,1-2,4-5H3;1H. The van der Waals surface area contributed by atoms with Crippen LogP contribution in [0.25, 0.3) is 0 Å². The van der Waals surface area contributed by atoms with Gasteiger partial charge in [-0.15, -0.1) is 18.8 Å². The number of hydrogen-bond acceptors (Lipinski definition) is 1. The molecule has 16 heavy (non-hydrogen) atoms. The monoisotopic (exact) mass is 245 g/mol. The van der Waals surface area contributed by atoms with Gasteiger partial charge < -0.3 is 5.32 Å². The van der Waals surface area contributed by atoms with E-state index in [1.807, 2.05) is 0 Å². The quantitative estimate of drug-likeness (QED) is 0.637. The SMILES string of the molecule is C#CCNC(CCC)(CCC)CC(C)C.Cl. The Morgan fingerprint density at radius 1 is 1.19 bits per heavy atom. The summed E-state index contributed by atoms with van der Waals surface area (Å²) in [7, 11) is 0. The van der Waals surface area contributed by atoms with Crippen LogP contribution in [0.4, 0.5) is 0 Å². The fourth-order valence-electron chi connectivity index (χ4n) is 2.56. The van der Waals surface area contributed by atoms with Crippen molar-refractivity contribution < 1.29 is 0 Å². The highest BCUT2D eigenvalue weighted by molar-refractivity contribution is 5.85. The van der Waals surface area contributed by atoms with Crippen molar-refractivity contribution in [3.05, 3.63) is 0 Å². The van der Waals surface area contributed by atoms with Crippen LogP contribution in [0.1, 0.15) is 59.8 Å². The molecular formula is C14H28ClN. The first-order valence-electron chi connectivity index (χ1n) is 6.28. The predicted molar refractivity (Wildman–Crippen MR) is 76.1 cm³/mol. The van der Waals surface area contributed by atoms with Crippen molar-refractivity contribution in [2.75, 3.05) is 6.54 Å². The number of rotatable bonds is 8. The molecule has 0 aliphatic carbocycles. The van der Waals surface area contributed by atoms with E-state index in [0.29, 0.717) is 6.54 Å². The summed E-state index contributed by atoms with van der Waals surface area (Å²) in [6.45, 7) is 9.78. The Balaban J connectivity index is 0. The summed E-state index contributed by atoms with van der Waals surface area (Å²) < 4.78 is 0. The molecule has 1 N–H and O–H groups in total. The lowest BCUT2D eigenvalue weighted by atomic mass is 9.81. The Labute approximate surface area is 108 Å². The van der Waals surface area contributed by atoms with Gasteiger partial charge in [-0.1, -0.05) is 46.5 Å². The molecule has 0 aromatic heterocycles. The molecule has 96 valence electrons. The average molecular weight is 246 g/mol. The zero-order chi connectivity index (χ0) is 11.7. The van der Waals surface area contributed by atoms with Crippen molar-refractivity contribution in [3.63, 3.8) is 0 Å². The minimum atomic E-state index is 0. The normalized spacial score (nSPS) is 11.0. The Morgan fingerprint density at radius 2 is 1.69 bits per heavy atom. The second-order valence-corrected chi connectivity index (χ2v) is 4.94. The summed E-state index contributed by atoms with van der Waals surface area (Å²) in [5.41, 5.74) is 0.282. The second kappa shape index (κ2) is 10.00. The maximum Gasteiger partial charge on any atom is 0.0578 e. The van der Waals surface area contributed by atoms with Crippen LogP contribution in [0.15, 0.2) is 0 Å². The Kier molecular flexibility index (Phi) is 11.4. The van der Waals surface area contributed by atoms with Gasteiger partial charge in [0.25, 0.3) is 0 Å². The smallest absolute Gasteiger partial charge is 0.0578 e. The third-order valence-electron chi connectivity index (χ3n) is 2.82. The predicted octanol–water partition coefficient (Wildman–Crippen LogP) is 4.02. The van der Waals surface area contributed by atoms with E-state index < -0.39 is 0 Å². The van der Waals surface area contributed by atoms with Crippen molar-refractivity contribution in [3.8, 4) is 12.3 Å². The van der Waals surface area contributed by atoms with E-state index in [-0.39, 0.29) is 17.9 Å². The molecule has 0 rings (SSSR count). The summed E-state index contributed by atoms with van der Waals surface area (Å²) in [6.07, 6.45) is 11.5. The highest BCUT2D eigenvalue weighted by Gasteiger charge is 2.27.